The van der Waals surface area contributed by atoms with Crippen LogP contribution in [0.1, 0.15) is 0 Å². The Morgan fingerprint density at radius 2 is 2.00 bits per heavy atom. The number of para-hydroxylation sites is 1. The van der Waals surface area contributed by atoms with Gasteiger partial charge < -0.3 is 4.98 Å². The lowest BCUT2D eigenvalue weighted by Gasteiger charge is -1.99. The van der Waals surface area contributed by atoms with Crippen LogP contribution in [-0.4, -0.2) is 4.98 Å². The number of hydrogen-bond donors (Lipinski definition) is 1. The van der Waals surface area contributed by atoms with Crippen LogP contribution in [0.3, 0.4) is 0 Å². The Bertz CT molecular complexity index is 609. The first-order valence-electron chi connectivity index (χ1n) is 4.66. The van der Waals surface area contributed by atoms with Gasteiger partial charge in [0.05, 0.1) is 9.85 Å². The van der Waals surface area contributed by atoms with Gasteiger partial charge >= 0.3 is 0 Å². The van der Waals surface area contributed by atoms with Gasteiger partial charge in [-0.05, 0) is 18.2 Å². The predicted molar refractivity (Wildman–Crippen MR) is 66.6 cm³/mol. The zero-order valence-corrected chi connectivity index (χ0v) is 9.40. The van der Waals surface area contributed by atoms with Crippen LogP contribution >= 0.6 is 22.9 Å². The number of aromatic nitrogens is 1. The average molecular weight is 234 g/mol. The normalized spacial score (nSPS) is 11.0. The maximum Gasteiger partial charge on any atom is 0.0934 e. The Morgan fingerprint density at radius 1 is 1.07 bits per heavy atom. The molecule has 3 rings (SSSR count). The standard InChI is InChI=1S/C12H8ClNS/c13-11-5-4-10(15-11)9-3-1-2-8-6-7-14-12(8)9/h1-7,14H. The highest BCUT2D eigenvalue weighted by Crippen LogP contribution is 2.34. The maximum atomic E-state index is 5.94. The second kappa shape index (κ2) is 3.40. The molecule has 0 unspecified atom stereocenters. The van der Waals surface area contributed by atoms with E-state index in [2.05, 4.69) is 35.3 Å². The summed E-state index contributed by atoms with van der Waals surface area (Å²) in [6.07, 6.45) is 1.96. The SMILES string of the molecule is Clc1ccc(-c2cccc3cc[nH]c23)s1. The molecule has 74 valence electrons. The van der Waals surface area contributed by atoms with Crippen molar-refractivity contribution in [2.75, 3.05) is 0 Å². The summed E-state index contributed by atoms with van der Waals surface area (Å²) in [6.45, 7) is 0. The van der Waals surface area contributed by atoms with Crippen LogP contribution in [0.5, 0.6) is 0 Å². The number of hydrogen-bond acceptors (Lipinski definition) is 1. The van der Waals surface area contributed by atoms with Gasteiger partial charge in [0.15, 0.2) is 0 Å². The first kappa shape index (κ1) is 9.01. The van der Waals surface area contributed by atoms with E-state index in [1.807, 2.05) is 12.3 Å². The van der Waals surface area contributed by atoms with Crippen molar-refractivity contribution in [3.05, 3.63) is 46.9 Å². The summed E-state index contributed by atoms with van der Waals surface area (Å²) in [4.78, 5) is 4.46. The van der Waals surface area contributed by atoms with Crippen molar-refractivity contribution in [1.82, 2.24) is 4.98 Å². The molecule has 1 N–H and O–H groups in total. The van der Waals surface area contributed by atoms with Gasteiger partial charge in [0, 0.05) is 22.0 Å². The van der Waals surface area contributed by atoms with Crippen LogP contribution in [0.2, 0.25) is 4.34 Å². The number of aromatic amines is 1. The van der Waals surface area contributed by atoms with Gasteiger partial charge in [0.1, 0.15) is 0 Å². The molecule has 1 aromatic carbocycles. The van der Waals surface area contributed by atoms with Gasteiger partial charge in [0.25, 0.3) is 0 Å². The Labute approximate surface area is 96.3 Å². The summed E-state index contributed by atoms with van der Waals surface area (Å²) in [5, 5.41) is 1.23. The van der Waals surface area contributed by atoms with E-state index < -0.39 is 0 Å². The van der Waals surface area contributed by atoms with E-state index >= 15 is 0 Å². The monoisotopic (exact) mass is 233 g/mol. The van der Waals surface area contributed by atoms with Crippen LogP contribution in [0, 0.1) is 0 Å². The first-order chi connectivity index (χ1) is 7.34. The summed E-state index contributed by atoms with van der Waals surface area (Å²) >= 11 is 7.55. The molecule has 0 atom stereocenters. The highest BCUT2D eigenvalue weighted by Gasteiger charge is 2.06. The molecule has 0 radical (unpaired) electrons. The van der Waals surface area contributed by atoms with Crippen molar-refractivity contribution >= 4 is 33.8 Å². The van der Waals surface area contributed by atoms with Crippen LogP contribution in [0.15, 0.2) is 42.6 Å². The topological polar surface area (TPSA) is 15.8 Å². The first-order valence-corrected chi connectivity index (χ1v) is 5.86. The van der Waals surface area contributed by atoms with Crippen molar-refractivity contribution in [2.24, 2.45) is 0 Å². The number of H-pyrrole nitrogens is 1. The molecule has 0 aliphatic rings. The minimum atomic E-state index is 0.827. The largest absolute Gasteiger partial charge is 0.361 e. The minimum absolute atomic E-state index is 0.827. The highest BCUT2D eigenvalue weighted by atomic mass is 35.5. The van der Waals surface area contributed by atoms with E-state index in [0.717, 1.165) is 4.34 Å². The van der Waals surface area contributed by atoms with E-state index in [9.17, 15) is 0 Å². The lowest BCUT2D eigenvalue weighted by Crippen LogP contribution is -1.75. The molecule has 3 heteroatoms. The van der Waals surface area contributed by atoms with Crippen LogP contribution in [0.25, 0.3) is 21.3 Å². The summed E-state index contributed by atoms with van der Waals surface area (Å²) in [6, 6.07) is 12.4. The summed E-state index contributed by atoms with van der Waals surface area (Å²) in [7, 11) is 0. The molecule has 0 aliphatic heterocycles. The minimum Gasteiger partial charge on any atom is -0.361 e. The Morgan fingerprint density at radius 3 is 2.80 bits per heavy atom. The highest BCUT2D eigenvalue weighted by molar-refractivity contribution is 7.19. The number of halogens is 1. The van der Waals surface area contributed by atoms with Gasteiger partial charge in [-0.2, -0.15) is 0 Å². The zero-order valence-electron chi connectivity index (χ0n) is 7.83. The van der Waals surface area contributed by atoms with Gasteiger partial charge in [-0.3, -0.25) is 0 Å². The molecule has 0 saturated carbocycles. The summed E-state index contributed by atoms with van der Waals surface area (Å²) in [5.74, 6) is 0. The fourth-order valence-corrected chi connectivity index (χ4v) is 2.82. The quantitative estimate of drug-likeness (QED) is 0.635. The second-order valence-corrected chi connectivity index (χ2v) is 5.07. The van der Waals surface area contributed by atoms with E-state index in [0.29, 0.717) is 0 Å². The number of nitrogens with one attached hydrogen (secondary N) is 1. The van der Waals surface area contributed by atoms with Crippen molar-refractivity contribution in [3.63, 3.8) is 0 Å². The Hall–Kier alpha value is -1.25. The van der Waals surface area contributed by atoms with E-state index in [-0.39, 0.29) is 0 Å². The van der Waals surface area contributed by atoms with Gasteiger partial charge in [0.2, 0.25) is 0 Å². The molecule has 0 aliphatic carbocycles. The van der Waals surface area contributed by atoms with Crippen molar-refractivity contribution in [3.8, 4) is 10.4 Å². The van der Waals surface area contributed by atoms with Crippen molar-refractivity contribution < 1.29 is 0 Å². The molecular formula is C12H8ClNS. The third-order valence-corrected chi connectivity index (χ3v) is 3.69. The predicted octanol–water partition coefficient (Wildman–Crippen LogP) is 4.55. The summed E-state index contributed by atoms with van der Waals surface area (Å²) in [5.41, 5.74) is 2.39. The lowest BCUT2D eigenvalue weighted by molar-refractivity contribution is 1.48. The Balaban J connectivity index is 2.30. The molecule has 0 saturated heterocycles. The molecule has 15 heavy (non-hydrogen) atoms. The molecule has 0 bridgehead atoms. The van der Waals surface area contributed by atoms with E-state index in [1.165, 1.54) is 21.3 Å². The number of thiophene rings is 1. The van der Waals surface area contributed by atoms with Crippen molar-refractivity contribution in [2.45, 2.75) is 0 Å². The number of benzene rings is 1. The number of rotatable bonds is 1. The molecule has 1 nitrogen and oxygen atoms in total. The van der Waals surface area contributed by atoms with Gasteiger partial charge in [-0.25, -0.2) is 0 Å². The van der Waals surface area contributed by atoms with E-state index in [4.69, 9.17) is 11.6 Å². The molecule has 0 fully saturated rings. The molecule has 2 heterocycles. The van der Waals surface area contributed by atoms with Crippen LogP contribution < -0.4 is 0 Å². The maximum absolute atomic E-state index is 5.94. The average Bonchev–Trinajstić information content (AvgIpc) is 2.84. The molecular weight excluding hydrogens is 226 g/mol. The van der Waals surface area contributed by atoms with Gasteiger partial charge in [-0.15, -0.1) is 11.3 Å². The smallest absolute Gasteiger partial charge is 0.0934 e. The third kappa shape index (κ3) is 1.46. The molecule has 0 amide bonds. The lowest BCUT2D eigenvalue weighted by atomic mass is 10.1. The Kier molecular flexibility index (Phi) is 2.04. The van der Waals surface area contributed by atoms with E-state index in [1.54, 1.807) is 11.3 Å². The number of fused-ring (bicyclic) bond motifs is 1. The summed E-state index contributed by atoms with van der Waals surface area (Å²) < 4.78 is 0.827. The van der Waals surface area contributed by atoms with Crippen LogP contribution in [0.4, 0.5) is 0 Å². The fourth-order valence-electron chi connectivity index (χ4n) is 1.75. The molecule has 3 aromatic rings. The third-order valence-electron chi connectivity index (χ3n) is 2.43. The van der Waals surface area contributed by atoms with Gasteiger partial charge in [-0.1, -0.05) is 29.8 Å². The fraction of sp³-hybridized carbons (Fsp3) is 0. The second-order valence-electron chi connectivity index (χ2n) is 3.35. The molecule has 2 aromatic heterocycles. The zero-order chi connectivity index (χ0) is 10.3. The van der Waals surface area contributed by atoms with Crippen molar-refractivity contribution in [1.29, 1.82) is 0 Å². The van der Waals surface area contributed by atoms with Crippen LogP contribution in [-0.2, 0) is 0 Å². The molecule has 0 spiro atoms.